The SMILES string of the molecule is FC(F)c1ccccc1N1CCNCC1. The van der Waals surface area contributed by atoms with Gasteiger partial charge < -0.3 is 10.2 Å². The molecule has 4 heteroatoms. The first-order valence-corrected chi connectivity index (χ1v) is 5.12. The fourth-order valence-corrected chi connectivity index (χ4v) is 1.87. The van der Waals surface area contributed by atoms with Crippen molar-refractivity contribution in [1.82, 2.24) is 5.32 Å². The quantitative estimate of drug-likeness (QED) is 0.807. The van der Waals surface area contributed by atoms with Crippen molar-refractivity contribution in [2.75, 3.05) is 31.1 Å². The van der Waals surface area contributed by atoms with E-state index in [1.807, 2.05) is 11.0 Å². The van der Waals surface area contributed by atoms with E-state index in [4.69, 9.17) is 0 Å². The highest BCUT2D eigenvalue weighted by Crippen LogP contribution is 2.29. The Morgan fingerprint density at radius 2 is 1.80 bits per heavy atom. The molecular formula is C11H14F2N2. The van der Waals surface area contributed by atoms with E-state index < -0.39 is 6.43 Å². The molecule has 1 saturated heterocycles. The van der Waals surface area contributed by atoms with Crippen LogP contribution in [0.4, 0.5) is 14.5 Å². The van der Waals surface area contributed by atoms with Gasteiger partial charge in [-0.25, -0.2) is 8.78 Å². The van der Waals surface area contributed by atoms with E-state index >= 15 is 0 Å². The molecule has 0 aromatic heterocycles. The van der Waals surface area contributed by atoms with Gasteiger partial charge in [0.25, 0.3) is 6.43 Å². The van der Waals surface area contributed by atoms with Crippen molar-refractivity contribution in [2.24, 2.45) is 0 Å². The predicted octanol–water partition coefficient (Wildman–Crippen LogP) is 2.03. The minimum atomic E-state index is -2.39. The summed E-state index contributed by atoms with van der Waals surface area (Å²) in [6, 6.07) is 6.74. The van der Waals surface area contributed by atoms with Gasteiger partial charge in [0, 0.05) is 37.4 Å². The Bertz CT molecular complexity index is 322. The molecule has 2 nitrogen and oxygen atoms in total. The second kappa shape index (κ2) is 4.57. The van der Waals surface area contributed by atoms with Crippen molar-refractivity contribution in [3.63, 3.8) is 0 Å². The Morgan fingerprint density at radius 3 is 2.47 bits per heavy atom. The van der Waals surface area contributed by atoms with Crippen LogP contribution in [0.5, 0.6) is 0 Å². The normalized spacial score (nSPS) is 17.1. The zero-order valence-electron chi connectivity index (χ0n) is 8.42. The summed E-state index contributed by atoms with van der Waals surface area (Å²) in [6.45, 7) is 3.31. The van der Waals surface area contributed by atoms with Crippen LogP contribution in [0.3, 0.4) is 0 Å². The number of hydrogen-bond donors (Lipinski definition) is 1. The first-order chi connectivity index (χ1) is 7.29. The highest BCUT2D eigenvalue weighted by Gasteiger charge is 2.18. The summed E-state index contributed by atoms with van der Waals surface area (Å²) in [5, 5.41) is 3.20. The highest BCUT2D eigenvalue weighted by molar-refractivity contribution is 5.54. The molecule has 2 rings (SSSR count). The van der Waals surface area contributed by atoms with Gasteiger partial charge in [-0.2, -0.15) is 0 Å². The Balaban J connectivity index is 2.25. The number of hydrogen-bond acceptors (Lipinski definition) is 2. The van der Waals surface area contributed by atoms with Crippen molar-refractivity contribution < 1.29 is 8.78 Å². The number of nitrogens with one attached hydrogen (secondary N) is 1. The van der Waals surface area contributed by atoms with Crippen LogP contribution in [0.1, 0.15) is 12.0 Å². The zero-order chi connectivity index (χ0) is 10.7. The van der Waals surface area contributed by atoms with Crippen LogP contribution < -0.4 is 10.2 Å². The molecule has 1 aromatic rings. The molecule has 0 bridgehead atoms. The van der Waals surface area contributed by atoms with E-state index in [0.717, 1.165) is 26.2 Å². The van der Waals surface area contributed by atoms with Crippen molar-refractivity contribution in [1.29, 1.82) is 0 Å². The summed E-state index contributed by atoms with van der Waals surface area (Å²) >= 11 is 0. The van der Waals surface area contributed by atoms with Crippen LogP contribution in [-0.2, 0) is 0 Å². The summed E-state index contributed by atoms with van der Waals surface area (Å²) in [7, 11) is 0. The maximum Gasteiger partial charge on any atom is 0.265 e. The van der Waals surface area contributed by atoms with E-state index in [2.05, 4.69) is 5.32 Å². The monoisotopic (exact) mass is 212 g/mol. The molecule has 0 atom stereocenters. The summed E-state index contributed by atoms with van der Waals surface area (Å²) < 4.78 is 25.5. The summed E-state index contributed by atoms with van der Waals surface area (Å²) in [5.41, 5.74) is 0.813. The molecular weight excluding hydrogens is 198 g/mol. The van der Waals surface area contributed by atoms with Gasteiger partial charge >= 0.3 is 0 Å². The Labute approximate surface area is 87.9 Å². The lowest BCUT2D eigenvalue weighted by molar-refractivity contribution is 0.151. The molecule has 0 aliphatic carbocycles. The molecule has 1 aromatic carbocycles. The predicted molar refractivity (Wildman–Crippen MR) is 56.5 cm³/mol. The maximum atomic E-state index is 12.7. The number of benzene rings is 1. The number of rotatable bonds is 2. The van der Waals surface area contributed by atoms with Gasteiger partial charge in [0.15, 0.2) is 0 Å². The average molecular weight is 212 g/mol. The number of nitrogens with zero attached hydrogens (tertiary/aromatic N) is 1. The molecule has 1 aliphatic heterocycles. The third-order valence-electron chi connectivity index (χ3n) is 2.63. The third kappa shape index (κ3) is 2.26. The van der Waals surface area contributed by atoms with Crippen molar-refractivity contribution >= 4 is 5.69 Å². The molecule has 1 fully saturated rings. The van der Waals surface area contributed by atoms with Crippen LogP contribution in [0.25, 0.3) is 0 Å². The van der Waals surface area contributed by atoms with Crippen LogP contribution in [0, 0.1) is 0 Å². The number of halogens is 2. The van der Waals surface area contributed by atoms with Crippen LogP contribution >= 0.6 is 0 Å². The lowest BCUT2D eigenvalue weighted by atomic mass is 10.1. The van der Waals surface area contributed by atoms with Gasteiger partial charge in [0.2, 0.25) is 0 Å². The Hall–Kier alpha value is -1.16. The largest absolute Gasteiger partial charge is 0.369 e. The molecule has 0 spiro atoms. The van der Waals surface area contributed by atoms with Gasteiger partial charge in [0.05, 0.1) is 0 Å². The van der Waals surface area contributed by atoms with Crippen LogP contribution in [0.15, 0.2) is 24.3 Å². The number of anilines is 1. The van der Waals surface area contributed by atoms with Crippen molar-refractivity contribution in [2.45, 2.75) is 6.43 Å². The van der Waals surface area contributed by atoms with Crippen molar-refractivity contribution in [3.05, 3.63) is 29.8 Å². The van der Waals surface area contributed by atoms with Gasteiger partial charge in [-0.3, -0.25) is 0 Å². The molecule has 1 heterocycles. The topological polar surface area (TPSA) is 15.3 Å². The first-order valence-electron chi connectivity index (χ1n) is 5.12. The summed E-state index contributed by atoms with van der Waals surface area (Å²) in [4.78, 5) is 2.01. The molecule has 1 N–H and O–H groups in total. The molecule has 0 unspecified atom stereocenters. The standard InChI is InChI=1S/C11H14F2N2/c12-11(13)9-3-1-2-4-10(9)15-7-5-14-6-8-15/h1-4,11,14H,5-8H2. The number of alkyl halides is 2. The molecule has 15 heavy (non-hydrogen) atoms. The molecule has 0 saturated carbocycles. The first kappa shape index (κ1) is 10.4. The lowest BCUT2D eigenvalue weighted by Crippen LogP contribution is -2.43. The van der Waals surface area contributed by atoms with Gasteiger partial charge in [-0.05, 0) is 6.07 Å². The van der Waals surface area contributed by atoms with Gasteiger partial charge in [-0.15, -0.1) is 0 Å². The van der Waals surface area contributed by atoms with E-state index in [0.29, 0.717) is 5.69 Å². The van der Waals surface area contributed by atoms with Crippen LogP contribution in [0.2, 0.25) is 0 Å². The van der Waals surface area contributed by atoms with E-state index in [1.165, 1.54) is 6.07 Å². The maximum absolute atomic E-state index is 12.7. The van der Waals surface area contributed by atoms with Crippen LogP contribution in [-0.4, -0.2) is 26.2 Å². The average Bonchev–Trinajstić information content (AvgIpc) is 2.30. The molecule has 0 radical (unpaired) electrons. The lowest BCUT2D eigenvalue weighted by Gasteiger charge is -2.31. The van der Waals surface area contributed by atoms with Gasteiger partial charge in [0.1, 0.15) is 0 Å². The smallest absolute Gasteiger partial charge is 0.265 e. The second-order valence-corrected chi connectivity index (χ2v) is 3.60. The van der Waals surface area contributed by atoms with Crippen molar-refractivity contribution in [3.8, 4) is 0 Å². The highest BCUT2D eigenvalue weighted by atomic mass is 19.3. The Morgan fingerprint density at radius 1 is 1.13 bits per heavy atom. The van der Waals surface area contributed by atoms with E-state index in [-0.39, 0.29) is 5.56 Å². The molecule has 82 valence electrons. The fraction of sp³-hybridized carbons (Fsp3) is 0.455. The van der Waals surface area contributed by atoms with Gasteiger partial charge in [-0.1, -0.05) is 18.2 Å². The molecule has 0 amide bonds. The minimum Gasteiger partial charge on any atom is -0.369 e. The summed E-state index contributed by atoms with van der Waals surface area (Å²) in [6.07, 6.45) is -2.39. The second-order valence-electron chi connectivity index (χ2n) is 3.60. The number of piperazine rings is 1. The molecule has 1 aliphatic rings. The van der Waals surface area contributed by atoms with E-state index in [1.54, 1.807) is 12.1 Å². The minimum absolute atomic E-state index is 0.138. The third-order valence-corrected chi connectivity index (χ3v) is 2.63. The summed E-state index contributed by atoms with van der Waals surface area (Å²) in [5.74, 6) is 0. The fourth-order valence-electron chi connectivity index (χ4n) is 1.87. The zero-order valence-corrected chi connectivity index (χ0v) is 8.42. The number of para-hydroxylation sites is 1. The van der Waals surface area contributed by atoms with E-state index in [9.17, 15) is 8.78 Å². The Kier molecular flexibility index (Phi) is 3.16.